The van der Waals surface area contributed by atoms with Gasteiger partial charge in [0.25, 0.3) is 0 Å². The van der Waals surface area contributed by atoms with Crippen molar-refractivity contribution in [3.63, 3.8) is 0 Å². The Hall–Kier alpha value is -1.77. The average Bonchev–Trinajstić information content (AvgIpc) is 2.90. The number of fused-ring (bicyclic) bond motifs is 1. The van der Waals surface area contributed by atoms with Crippen molar-refractivity contribution in [1.82, 2.24) is 4.98 Å². The Balaban J connectivity index is 1.77. The molecule has 0 amide bonds. The van der Waals surface area contributed by atoms with Gasteiger partial charge in [0.2, 0.25) is 0 Å². The van der Waals surface area contributed by atoms with Crippen LogP contribution in [0.3, 0.4) is 0 Å². The van der Waals surface area contributed by atoms with Crippen LogP contribution in [-0.4, -0.2) is 18.1 Å². The van der Waals surface area contributed by atoms with Crippen molar-refractivity contribution >= 4 is 16.9 Å². The van der Waals surface area contributed by atoms with Gasteiger partial charge in [0, 0.05) is 17.1 Å². The average molecular weight is 257 g/mol. The molecule has 1 aromatic heterocycles. The summed E-state index contributed by atoms with van der Waals surface area (Å²) in [7, 11) is 1.48. The Morgan fingerprint density at radius 2 is 1.95 bits per heavy atom. The second-order valence-corrected chi connectivity index (χ2v) is 5.36. The van der Waals surface area contributed by atoms with Gasteiger partial charge >= 0.3 is 5.97 Å². The molecule has 0 spiro atoms. The van der Waals surface area contributed by atoms with Gasteiger partial charge in [-0.05, 0) is 43.2 Å². The molecule has 0 saturated heterocycles. The van der Waals surface area contributed by atoms with E-state index in [1.54, 1.807) is 0 Å². The molecule has 3 nitrogen and oxygen atoms in total. The molecule has 3 rings (SSSR count). The van der Waals surface area contributed by atoms with Crippen LogP contribution in [0.2, 0.25) is 0 Å². The number of esters is 1. The summed E-state index contributed by atoms with van der Waals surface area (Å²) in [5, 5.41) is 1.32. The van der Waals surface area contributed by atoms with Crippen LogP contribution in [0.25, 0.3) is 10.9 Å². The lowest BCUT2D eigenvalue weighted by Crippen LogP contribution is -2.22. The highest BCUT2D eigenvalue weighted by Gasteiger charge is 2.28. The van der Waals surface area contributed by atoms with Crippen LogP contribution < -0.4 is 0 Å². The van der Waals surface area contributed by atoms with E-state index in [0.29, 0.717) is 5.92 Å². The molecule has 3 heteroatoms. The Bertz CT molecular complexity index is 579. The predicted molar refractivity (Wildman–Crippen MR) is 75.0 cm³/mol. The number of hydrogen-bond acceptors (Lipinski definition) is 2. The van der Waals surface area contributed by atoms with Gasteiger partial charge in [-0.2, -0.15) is 0 Å². The zero-order valence-corrected chi connectivity index (χ0v) is 11.2. The maximum atomic E-state index is 11.5. The number of methoxy groups -OCH3 is 1. The fraction of sp³-hybridized carbons (Fsp3) is 0.438. The van der Waals surface area contributed by atoms with Crippen LogP contribution in [0.1, 0.15) is 37.2 Å². The first kappa shape index (κ1) is 12.3. The molecule has 1 aromatic carbocycles. The number of para-hydroxylation sites is 1. The molecular weight excluding hydrogens is 238 g/mol. The van der Waals surface area contributed by atoms with Crippen molar-refractivity contribution in [1.29, 1.82) is 0 Å². The van der Waals surface area contributed by atoms with Gasteiger partial charge in [-0.15, -0.1) is 0 Å². The molecule has 100 valence electrons. The van der Waals surface area contributed by atoms with Gasteiger partial charge in [-0.25, -0.2) is 0 Å². The highest BCUT2D eigenvalue weighted by Crippen LogP contribution is 2.38. The first-order valence-corrected chi connectivity index (χ1v) is 6.93. The van der Waals surface area contributed by atoms with E-state index in [0.717, 1.165) is 25.7 Å². The minimum atomic E-state index is -0.0441. The van der Waals surface area contributed by atoms with E-state index < -0.39 is 0 Å². The zero-order valence-electron chi connectivity index (χ0n) is 11.2. The van der Waals surface area contributed by atoms with E-state index in [2.05, 4.69) is 35.4 Å². The molecule has 0 bridgehead atoms. The molecule has 1 fully saturated rings. The van der Waals surface area contributed by atoms with Crippen molar-refractivity contribution < 1.29 is 9.53 Å². The highest BCUT2D eigenvalue weighted by atomic mass is 16.5. The van der Waals surface area contributed by atoms with Crippen LogP contribution in [0.4, 0.5) is 0 Å². The molecule has 0 atom stereocenters. The molecule has 1 aliphatic rings. The minimum absolute atomic E-state index is 0.0441. The summed E-state index contributed by atoms with van der Waals surface area (Å²) < 4.78 is 4.84. The van der Waals surface area contributed by atoms with E-state index in [1.165, 1.54) is 23.6 Å². The lowest BCUT2D eigenvalue weighted by Gasteiger charge is -2.26. The third-order valence-corrected chi connectivity index (χ3v) is 4.32. The second kappa shape index (κ2) is 5.08. The first-order valence-electron chi connectivity index (χ1n) is 6.93. The van der Waals surface area contributed by atoms with E-state index in [1.807, 2.05) is 0 Å². The molecular formula is C16H19NO2. The SMILES string of the molecule is COC(=O)C1CCC(c2c[nH]c3ccccc23)CC1. The summed E-state index contributed by atoms with van der Waals surface area (Å²) in [6.45, 7) is 0. The van der Waals surface area contributed by atoms with E-state index >= 15 is 0 Å². The van der Waals surface area contributed by atoms with E-state index in [9.17, 15) is 4.79 Å². The molecule has 2 aromatic rings. The largest absolute Gasteiger partial charge is 0.469 e. The van der Waals surface area contributed by atoms with Gasteiger partial charge in [-0.3, -0.25) is 4.79 Å². The zero-order chi connectivity index (χ0) is 13.2. The van der Waals surface area contributed by atoms with Crippen LogP contribution >= 0.6 is 0 Å². The number of nitrogens with one attached hydrogen (secondary N) is 1. The van der Waals surface area contributed by atoms with Gasteiger partial charge in [0.05, 0.1) is 13.0 Å². The third-order valence-electron chi connectivity index (χ3n) is 4.32. The topological polar surface area (TPSA) is 42.1 Å². The Labute approximate surface area is 113 Å². The third kappa shape index (κ3) is 2.25. The Morgan fingerprint density at radius 3 is 2.68 bits per heavy atom. The molecule has 1 N–H and O–H groups in total. The molecule has 1 saturated carbocycles. The normalized spacial score (nSPS) is 23.4. The maximum Gasteiger partial charge on any atom is 0.308 e. The number of H-pyrrole nitrogens is 1. The molecule has 1 aliphatic carbocycles. The fourth-order valence-electron chi connectivity index (χ4n) is 3.24. The second-order valence-electron chi connectivity index (χ2n) is 5.36. The number of aromatic nitrogens is 1. The van der Waals surface area contributed by atoms with Crippen molar-refractivity contribution in [2.75, 3.05) is 7.11 Å². The number of carbonyl (C=O) groups is 1. The van der Waals surface area contributed by atoms with E-state index in [-0.39, 0.29) is 11.9 Å². The van der Waals surface area contributed by atoms with Gasteiger partial charge in [0.15, 0.2) is 0 Å². The summed E-state index contributed by atoms with van der Waals surface area (Å²) in [6.07, 6.45) is 6.16. The minimum Gasteiger partial charge on any atom is -0.469 e. The lowest BCUT2D eigenvalue weighted by molar-refractivity contribution is -0.146. The summed E-state index contributed by atoms with van der Waals surface area (Å²) in [6, 6.07) is 8.42. The number of aromatic amines is 1. The van der Waals surface area contributed by atoms with Crippen molar-refractivity contribution in [2.24, 2.45) is 5.92 Å². The number of carbonyl (C=O) groups excluding carboxylic acids is 1. The first-order chi connectivity index (χ1) is 9.29. The van der Waals surface area contributed by atoms with Crippen molar-refractivity contribution in [2.45, 2.75) is 31.6 Å². The smallest absolute Gasteiger partial charge is 0.308 e. The predicted octanol–water partition coefficient (Wildman–Crippen LogP) is 3.61. The number of rotatable bonds is 2. The molecule has 0 unspecified atom stereocenters. The molecule has 0 radical (unpaired) electrons. The summed E-state index contributed by atoms with van der Waals surface area (Å²) in [5.74, 6) is 0.626. The molecule has 0 aliphatic heterocycles. The number of benzene rings is 1. The van der Waals surface area contributed by atoms with Crippen LogP contribution in [-0.2, 0) is 9.53 Å². The van der Waals surface area contributed by atoms with Gasteiger partial charge in [-0.1, -0.05) is 18.2 Å². The Kier molecular flexibility index (Phi) is 3.28. The Morgan fingerprint density at radius 1 is 1.21 bits per heavy atom. The maximum absolute atomic E-state index is 11.5. The molecule has 19 heavy (non-hydrogen) atoms. The standard InChI is InChI=1S/C16H19NO2/c1-19-16(18)12-8-6-11(7-9-12)14-10-17-15-5-3-2-4-13(14)15/h2-5,10-12,17H,6-9H2,1H3. The van der Waals surface area contributed by atoms with Crippen LogP contribution in [0.15, 0.2) is 30.5 Å². The van der Waals surface area contributed by atoms with Crippen LogP contribution in [0.5, 0.6) is 0 Å². The summed E-state index contributed by atoms with van der Waals surface area (Å²) in [4.78, 5) is 14.9. The highest BCUT2D eigenvalue weighted by molar-refractivity contribution is 5.83. The summed E-state index contributed by atoms with van der Waals surface area (Å²) in [5.41, 5.74) is 2.60. The molecule has 1 heterocycles. The quantitative estimate of drug-likeness (QED) is 0.835. The monoisotopic (exact) mass is 257 g/mol. The summed E-state index contributed by atoms with van der Waals surface area (Å²) >= 11 is 0. The van der Waals surface area contributed by atoms with E-state index in [4.69, 9.17) is 4.74 Å². The van der Waals surface area contributed by atoms with Gasteiger partial charge < -0.3 is 9.72 Å². The number of ether oxygens (including phenoxy) is 1. The van der Waals surface area contributed by atoms with Gasteiger partial charge in [0.1, 0.15) is 0 Å². The fourth-order valence-corrected chi connectivity index (χ4v) is 3.24. The van der Waals surface area contributed by atoms with Crippen molar-refractivity contribution in [3.05, 3.63) is 36.0 Å². The lowest BCUT2D eigenvalue weighted by atomic mass is 9.78. The van der Waals surface area contributed by atoms with Crippen LogP contribution in [0, 0.1) is 5.92 Å². The van der Waals surface area contributed by atoms with Crippen molar-refractivity contribution in [3.8, 4) is 0 Å². The number of hydrogen-bond donors (Lipinski definition) is 1.